The van der Waals surface area contributed by atoms with Crippen LogP contribution in [0.1, 0.15) is 6.92 Å². The summed E-state index contributed by atoms with van der Waals surface area (Å²) in [7, 11) is 0. The minimum atomic E-state index is -1.75. The van der Waals surface area contributed by atoms with Gasteiger partial charge in [-0.2, -0.15) is 0 Å². The van der Waals surface area contributed by atoms with Crippen LogP contribution in [0.15, 0.2) is 0 Å². The molecule has 0 radical (unpaired) electrons. The Bertz CT molecular complexity index is 45.3. The molecule has 0 aliphatic rings. The Balaban J connectivity index is -0.0000000575. The normalized spacial score (nSPS) is 5.25. The molecule has 0 aliphatic heterocycles. The van der Waals surface area contributed by atoms with E-state index in [2.05, 4.69) is 0 Å². The Kier molecular flexibility index (Phi) is 31.0. The van der Waals surface area contributed by atoms with E-state index in [9.17, 15) is 0 Å². The van der Waals surface area contributed by atoms with Gasteiger partial charge < -0.3 is 20.4 Å². The fourth-order valence-electron chi connectivity index (χ4n) is 0. The maximum atomic E-state index is 8.25. The third-order valence-corrected chi connectivity index (χ3v) is 0. The summed E-state index contributed by atoms with van der Waals surface area (Å²) in [6, 6.07) is 0. The maximum absolute atomic E-state index is 8.25. The molecular weight excluding hydrogens is 208 g/mol. The maximum Gasteiger partial charge on any atom is 0.0689 e. The van der Waals surface area contributed by atoms with Gasteiger partial charge in [0.2, 0.25) is 0 Å². The summed E-state index contributed by atoms with van der Waals surface area (Å²) in [4.78, 5) is 8.25. The van der Waals surface area contributed by atoms with Crippen LogP contribution in [0.4, 0.5) is 0 Å². The van der Waals surface area contributed by atoms with Gasteiger partial charge >= 0.3 is 0 Å². The molecule has 0 unspecified atom stereocenters. The molecule has 1 N–H and O–H groups in total. The molecule has 6 heteroatoms. The van der Waals surface area contributed by atoms with Gasteiger partial charge in [0.05, 0.1) is 5.09 Å². The van der Waals surface area contributed by atoms with Crippen molar-refractivity contribution < 1.29 is 30.6 Å². The summed E-state index contributed by atoms with van der Waals surface area (Å²) in [5.74, 6) is 0. The standard InChI is InChI=1S/C2H6O.NO3.Pd/c1-2-3;2-1(3)4;/h3H,2H2,1H3;;/q;-1;. The molecule has 0 rings (SSSR count). The van der Waals surface area contributed by atoms with Crippen molar-refractivity contribution in [3.05, 3.63) is 15.3 Å². The van der Waals surface area contributed by atoms with Crippen molar-refractivity contribution in [2.75, 3.05) is 6.61 Å². The zero-order valence-electron chi connectivity index (χ0n) is 4.14. The predicted octanol–water partition coefficient (Wildman–Crippen LogP) is -0.243. The fourth-order valence-corrected chi connectivity index (χ4v) is 0. The first-order chi connectivity index (χ1) is 3.15. The zero-order valence-corrected chi connectivity index (χ0v) is 5.70. The molecule has 8 heavy (non-hydrogen) atoms. The molecule has 0 atom stereocenters. The van der Waals surface area contributed by atoms with Gasteiger partial charge in [0.15, 0.2) is 0 Å². The van der Waals surface area contributed by atoms with Gasteiger partial charge in [-0.1, -0.05) is 0 Å². The van der Waals surface area contributed by atoms with Crippen molar-refractivity contribution in [2.24, 2.45) is 0 Å². The van der Waals surface area contributed by atoms with Crippen LogP contribution in [-0.4, -0.2) is 16.8 Å². The second-order valence-electron chi connectivity index (χ2n) is 0.540. The second-order valence-corrected chi connectivity index (χ2v) is 0.540. The molecular formula is C2H6NO4Pd-. The molecule has 0 heterocycles. The molecule has 0 aliphatic carbocycles. The van der Waals surface area contributed by atoms with Crippen LogP contribution in [0.3, 0.4) is 0 Å². The largest absolute Gasteiger partial charge is 0.397 e. The molecule has 0 bridgehead atoms. The van der Waals surface area contributed by atoms with Gasteiger partial charge in [0.1, 0.15) is 0 Å². The molecule has 0 spiro atoms. The SMILES string of the molecule is CCO.O=[N+]([O-])[O-].[Pd]. The van der Waals surface area contributed by atoms with Crippen LogP contribution >= 0.6 is 0 Å². The third-order valence-electron chi connectivity index (χ3n) is 0. The average molecular weight is 214 g/mol. The molecule has 0 saturated heterocycles. The number of rotatable bonds is 0. The summed E-state index contributed by atoms with van der Waals surface area (Å²) in [6.07, 6.45) is 0. The number of nitrogens with zero attached hydrogens (tertiary/aromatic N) is 1. The van der Waals surface area contributed by atoms with Crippen molar-refractivity contribution in [3.8, 4) is 0 Å². The van der Waals surface area contributed by atoms with Gasteiger partial charge in [-0.15, -0.1) is 0 Å². The minimum absolute atomic E-state index is 0. The monoisotopic (exact) mass is 214 g/mol. The summed E-state index contributed by atoms with van der Waals surface area (Å²) < 4.78 is 0. The van der Waals surface area contributed by atoms with Gasteiger partial charge in [-0.3, -0.25) is 0 Å². The van der Waals surface area contributed by atoms with E-state index >= 15 is 0 Å². The van der Waals surface area contributed by atoms with Gasteiger partial charge in [-0.05, 0) is 6.92 Å². The van der Waals surface area contributed by atoms with Crippen LogP contribution in [-0.2, 0) is 20.4 Å². The molecule has 0 fully saturated rings. The van der Waals surface area contributed by atoms with Crippen LogP contribution in [0.5, 0.6) is 0 Å². The molecule has 0 amide bonds. The number of aliphatic hydroxyl groups is 1. The topological polar surface area (TPSA) is 86.4 Å². The molecule has 0 aromatic heterocycles. The number of aliphatic hydroxyl groups excluding tert-OH is 1. The minimum Gasteiger partial charge on any atom is -0.397 e. The van der Waals surface area contributed by atoms with E-state index < -0.39 is 5.09 Å². The molecule has 0 aromatic rings. The molecule has 5 nitrogen and oxygen atoms in total. The van der Waals surface area contributed by atoms with E-state index in [-0.39, 0.29) is 27.0 Å². The summed E-state index contributed by atoms with van der Waals surface area (Å²) in [6.45, 7) is 1.93. The first-order valence-corrected chi connectivity index (χ1v) is 1.57. The third kappa shape index (κ3) is 4290. The summed E-state index contributed by atoms with van der Waals surface area (Å²) in [5.41, 5.74) is 0. The number of hydrogen-bond acceptors (Lipinski definition) is 4. The van der Waals surface area contributed by atoms with E-state index in [4.69, 9.17) is 20.4 Å². The van der Waals surface area contributed by atoms with Crippen LogP contribution in [0.25, 0.3) is 0 Å². The Hall–Kier alpha value is -0.178. The van der Waals surface area contributed by atoms with E-state index in [0.29, 0.717) is 0 Å². The Morgan fingerprint density at radius 3 is 1.62 bits per heavy atom. The van der Waals surface area contributed by atoms with Gasteiger partial charge in [-0.25, -0.2) is 0 Å². The summed E-state index contributed by atoms with van der Waals surface area (Å²) >= 11 is 0. The van der Waals surface area contributed by atoms with E-state index in [0.717, 1.165) is 0 Å². The second kappa shape index (κ2) is 15.8. The van der Waals surface area contributed by atoms with Crippen molar-refractivity contribution in [2.45, 2.75) is 6.92 Å². The summed E-state index contributed by atoms with van der Waals surface area (Å²) in [5, 5.41) is 22.3. The molecule has 0 aromatic carbocycles. The van der Waals surface area contributed by atoms with Gasteiger partial charge in [0, 0.05) is 27.0 Å². The quantitative estimate of drug-likeness (QED) is 0.342. The van der Waals surface area contributed by atoms with Crippen molar-refractivity contribution in [1.29, 1.82) is 0 Å². The van der Waals surface area contributed by atoms with Crippen LogP contribution in [0.2, 0.25) is 0 Å². The van der Waals surface area contributed by atoms with E-state index in [1.165, 1.54) is 0 Å². The van der Waals surface area contributed by atoms with Crippen molar-refractivity contribution >= 4 is 0 Å². The Morgan fingerprint density at radius 1 is 1.62 bits per heavy atom. The first kappa shape index (κ1) is 15.7. The number of hydrogen-bond donors (Lipinski definition) is 1. The Morgan fingerprint density at radius 2 is 1.62 bits per heavy atom. The van der Waals surface area contributed by atoms with Crippen molar-refractivity contribution in [3.63, 3.8) is 0 Å². The smallest absolute Gasteiger partial charge is 0.0689 e. The first-order valence-electron chi connectivity index (χ1n) is 1.57. The van der Waals surface area contributed by atoms with E-state index in [1.807, 2.05) is 0 Å². The average Bonchev–Trinajstić information content (AvgIpc) is 1.33. The molecule has 54 valence electrons. The van der Waals surface area contributed by atoms with Crippen LogP contribution in [0, 0.1) is 15.3 Å². The zero-order chi connectivity index (χ0) is 6.28. The Labute approximate surface area is 60.1 Å². The van der Waals surface area contributed by atoms with Gasteiger partial charge in [0.25, 0.3) is 0 Å². The predicted molar refractivity (Wildman–Crippen MR) is 23.1 cm³/mol. The van der Waals surface area contributed by atoms with Crippen molar-refractivity contribution in [1.82, 2.24) is 0 Å². The molecule has 0 saturated carbocycles. The van der Waals surface area contributed by atoms with E-state index in [1.54, 1.807) is 6.92 Å². The van der Waals surface area contributed by atoms with Crippen LogP contribution < -0.4 is 0 Å². The fraction of sp³-hybridized carbons (Fsp3) is 1.00.